The first-order chi connectivity index (χ1) is 15.9. The Morgan fingerprint density at radius 2 is 1.48 bits per heavy atom. The molecule has 0 radical (unpaired) electrons. The lowest BCUT2D eigenvalue weighted by molar-refractivity contribution is 1.12. The SMILES string of the molecule is C/C=C(\C(Cl)=C/C)c1cc(-c2ccccc2Cl)cc2c(-c3c(Cl)cccc3Cl)c(=O)ccn12. The zero-order valence-corrected chi connectivity index (χ0v) is 20.9. The number of fused-ring (bicyclic) bond motifs is 1. The first-order valence-corrected chi connectivity index (χ1v) is 11.8. The number of aromatic nitrogens is 1. The molecule has 0 aliphatic rings. The second-order valence-corrected chi connectivity index (χ2v) is 8.98. The Labute approximate surface area is 212 Å². The number of pyridine rings is 2. The van der Waals surface area contributed by atoms with Crippen LogP contribution in [0.3, 0.4) is 0 Å². The predicted octanol–water partition coefficient (Wildman–Crippen LogP) is 9.14. The summed E-state index contributed by atoms with van der Waals surface area (Å²) < 4.78 is 1.93. The maximum Gasteiger partial charge on any atom is 0.190 e. The minimum absolute atomic E-state index is 0.189. The van der Waals surface area contributed by atoms with Gasteiger partial charge in [0.05, 0.1) is 26.8 Å². The molecular weight excluding hydrogens is 496 g/mol. The van der Waals surface area contributed by atoms with Gasteiger partial charge in [-0.05, 0) is 49.7 Å². The molecule has 0 bridgehead atoms. The van der Waals surface area contributed by atoms with Gasteiger partial charge in [0.25, 0.3) is 0 Å². The molecule has 2 heterocycles. The molecule has 2 nitrogen and oxygen atoms in total. The molecule has 0 N–H and O–H groups in total. The molecule has 0 fully saturated rings. The van der Waals surface area contributed by atoms with E-state index in [1.807, 2.05) is 66.8 Å². The Morgan fingerprint density at radius 3 is 2.12 bits per heavy atom. The maximum absolute atomic E-state index is 13.2. The second-order valence-electron chi connectivity index (χ2n) is 7.35. The third kappa shape index (κ3) is 4.37. The Morgan fingerprint density at radius 1 is 0.818 bits per heavy atom. The summed E-state index contributed by atoms with van der Waals surface area (Å²) in [4.78, 5) is 13.2. The molecule has 4 aromatic rings. The fourth-order valence-electron chi connectivity index (χ4n) is 3.92. The van der Waals surface area contributed by atoms with Crippen LogP contribution >= 0.6 is 46.4 Å². The average Bonchev–Trinajstić information content (AvgIpc) is 2.80. The summed E-state index contributed by atoms with van der Waals surface area (Å²) in [6, 6.07) is 18.2. The number of hydrogen-bond donors (Lipinski definition) is 0. The highest BCUT2D eigenvalue weighted by Crippen LogP contribution is 2.39. The van der Waals surface area contributed by atoms with Crippen LogP contribution in [0.5, 0.6) is 0 Å². The zero-order chi connectivity index (χ0) is 23.7. The predicted molar refractivity (Wildman–Crippen MR) is 143 cm³/mol. The molecule has 6 heteroatoms. The van der Waals surface area contributed by atoms with Crippen molar-refractivity contribution in [2.24, 2.45) is 0 Å². The van der Waals surface area contributed by atoms with E-state index in [-0.39, 0.29) is 5.43 Å². The molecule has 166 valence electrons. The normalized spacial score (nSPS) is 12.4. The summed E-state index contributed by atoms with van der Waals surface area (Å²) in [5.74, 6) is 0. The summed E-state index contributed by atoms with van der Waals surface area (Å²) >= 11 is 26.2. The van der Waals surface area contributed by atoms with Crippen molar-refractivity contribution in [1.29, 1.82) is 0 Å². The van der Waals surface area contributed by atoms with Crippen molar-refractivity contribution >= 4 is 57.5 Å². The van der Waals surface area contributed by atoms with Crippen molar-refractivity contribution < 1.29 is 0 Å². The fourth-order valence-corrected chi connectivity index (χ4v) is 4.96. The number of allylic oxidation sites excluding steroid dienone is 4. The third-order valence-corrected chi connectivity index (χ3v) is 6.84. The van der Waals surface area contributed by atoms with E-state index in [9.17, 15) is 4.79 Å². The lowest BCUT2D eigenvalue weighted by Gasteiger charge is -2.18. The quantitative estimate of drug-likeness (QED) is 0.249. The van der Waals surface area contributed by atoms with Crippen LogP contribution in [0.15, 0.2) is 88.8 Å². The van der Waals surface area contributed by atoms with Gasteiger partial charge in [0.15, 0.2) is 5.43 Å². The highest BCUT2D eigenvalue weighted by Gasteiger charge is 2.19. The molecule has 0 atom stereocenters. The number of halogens is 4. The number of hydrogen-bond acceptors (Lipinski definition) is 1. The first kappa shape index (κ1) is 23.7. The maximum atomic E-state index is 13.2. The molecule has 0 spiro atoms. The standard InChI is InChI=1S/C27H19Cl4NO/c1-3-17(19(28)4-2)23-14-16(18-8-5-6-9-20(18)29)15-24-27(25(33)12-13-32(23)24)26-21(30)10-7-11-22(26)31/h3-15H,1-2H3/b17-3+,19-4+. The number of nitrogens with zero attached hydrogens (tertiary/aromatic N) is 1. The van der Waals surface area contributed by atoms with Gasteiger partial charge in [-0.2, -0.15) is 0 Å². The summed E-state index contributed by atoms with van der Waals surface area (Å²) in [5, 5.41) is 1.99. The van der Waals surface area contributed by atoms with Crippen molar-refractivity contribution in [3.05, 3.63) is 115 Å². The Kier molecular flexibility index (Phi) is 7.02. The van der Waals surface area contributed by atoms with Crippen LogP contribution in [-0.2, 0) is 0 Å². The molecule has 0 aliphatic carbocycles. The molecule has 0 aliphatic heterocycles. The van der Waals surface area contributed by atoms with E-state index in [0.29, 0.717) is 36.7 Å². The minimum Gasteiger partial charge on any atom is -0.316 e. The van der Waals surface area contributed by atoms with Crippen molar-refractivity contribution in [1.82, 2.24) is 4.40 Å². The topological polar surface area (TPSA) is 21.5 Å². The molecule has 33 heavy (non-hydrogen) atoms. The van der Waals surface area contributed by atoms with Gasteiger partial charge >= 0.3 is 0 Å². The third-order valence-electron chi connectivity index (χ3n) is 5.45. The smallest absolute Gasteiger partial charge is 0.190 e. The van der Waals surface area contributed by atoms with E-state index in [0.717, 1.165) is 22.4 Å². The lowest BCUT2D eigenvalue weighted by atomic mass is 9.98. The summed E-state index contributed by atoms with van der Waals surface area (Å²) in [6.45, 7) is 3.80. The van der Waals surface area contributed by atoms with Crippen LogP contribution in [0, 0.1) is 0 Å². The van der Waals surface area contributed by atoms with E-state index >= 15 is 0 Å². The van der Waals surface area contributed by atoms with Crippen molar-refractivity contribution in [2.75, 3.05) is 0 Å². The highest BCUT2D eigenvalue weighted by molar-refractivity contribution is 6.39. The monoisotopic (exact) mass is 513 g/mol. The van der Waals surface area contributed by atoms with E-state index in [4.69, 9.17) is 46.4 Å². The van der Waals surface area contributed by atoms with Gasteiger partial charge in [0.1, 0.15) is 0 Å². The molecule has 0 saturated heterocycles. The molecule has 4 rings (SSSR count). The number of benzene rings is 2. The lowest BCUT2D eigenvalue weighted by Crippen LogP contribution is -2.10. The summed E-state index contributed by atoms with van der Waals surface area (Å²) in [7, 11) is 0. The largest absolute Gasteiger partial charge is 0.316 e. The molecular formula is C27H19Cl4NO. The Balaban J connectivity index is 2.22. The van der Waals surface area contributed by atoms with E-state index in [2.05, 4.69) is 0 Å². The van der Waals surface area contributed by atoms with Gasteiger partial charge in [-0.1, -0.05) is 82.8 Å². The van der Waals surface area contributed by atoms with E-state index in [1.54, 1.807) is 24.4 Å². The second kappa shape index (κ2) is 9.79. The van der Waals surface area contributed by atoms with Gasteiger partial charge < -0.3 is 4.40 Å². The molecule has 0 amide bonds. The van der Waals surface area contributed by atoms with Crippen LogP contribution in [-0.4, -0.2) is 4.40 Å². The molecule has 0 unspecified atom stereocenters. The van der Waals surface area contributed by atoms with Crippen molar-refractivity contribution in [3.8, 4) is 22.3 Å². The average molecular weight is 515 g/mol. The summed E-state index contributed by atoms with van der Waals surface area (Å²) in [6.07, 6.45) is 5.51. The van der Waals surface area contributed by atoms with Gasteiger partial charge in [-0.3, -0.25) is 4.79 Å². The van der Waals surface area contributed by atoms with Crippen LogP contribution < -0.4 is 5.43 Å². The molecule has 2 aromatic carbocycles. The fraction of sp³-hybridized carbons (Fsp3) is 0.0741. The summed E-state index contributed by atoms with van der Waals surface area (Å²) in [5.41, 5.74) is 4.65. The van der Waals surface area contributed by atoms with Gasteiger partial charge in [0, 0.05) is 39.0 Å². The molecule has 0 saturated carbocycles. The minimum atomic E-state index is -0.189. The van der Waals surface area contributed by atoms with Gasteiger partial charge in [-0.25, -0.2) is 0 Å². The van der Waals surface area contributed by atoms with Gasteiger partial charge in [-0.15, -0.1) is 0 Å². The zero-order valence-electron chi connectivity index (χ0n) is 17.9. The first-order valence-electron chi connectivity index (χ1n) is 10.2. The van der Waals surface area contributed by atoms with Crippen LogP contribution in [0.4, 0.5) is 0 Å². The van der Waals surface area contributed by atoms with Crippen LogP contribution in [0.2, 0.25) is 15.1 Å². The Bertz CT molecular complexity index is 1480. The van der Waals surface area contributed by atoms with Crippen molar-refractivity contribution in [3.63, 3.8) is 0 Å². The van der Waals surface area contributed by atoms with Gasteiger partial charge in [0.2, 0.25) is 0 Å². The van der Waals surface area contributed by atoms with Crippen LogP contribution in [0.1, 0.15) is 19.5 Å². The Hall–Kier alpha value is -2.49. The molecule has 2 aromatic heterocycles. The van der Waals surface area contributed by atoms with E-state index < -0.39 is 0 Å². The number of rotatable bonds is 4. The van der Waals surface area contributed by atoms with Crippen LogP contribution in [0.25, 0.3) is 33.3 Å². The van der Waals surface area contributed by atoms with Crippen molar-refractivity contribution in [2.45, 2.75) is 13.8 Å². The highest BCUT2D eigenvalue weighted by atomic mass is 35.5. The van der Waals surface area contributed by atoms with E-state index in [1.165, 1.54) is 6.07 Å².